The molecule has 3 aliphatic rings. The molecule has 0 unspecified atom stereocenters. The van der Waals surface area contributed by atoms with Gasteiger partial charge in [0, 0.05) is 55.7 Å². The van der Waals surface area contributed by atoms with E-state index >= 15 is 0 Å². The van der Waals surface area contributed by atoms with Crippen molar-refractivity contribution >= 4 is 39.9 Å². The highest BCUT2D eigenvalue weighted by atomic mass is 35.5. The second-order valence-electron chi connectivity index (χ2n) is 11.2. The molecule has 12 heteroatoms. The first-order valence-corrected chi connectivity index (χ1v) is 14.6. The number of thiazole rings is 1. The van der Waals surface area contributed by atoms with Gasteiger partial charge in [0.15, 0.2) is 5.13 Å². The third-order valence-electron chi connectivity index (χ3n) is 7.56. The number of ether oxygens (including phenoxy) is 1. The third-order valence-corrected chi connectivity index (χ3v) is 8.85. The molecule has 3 saturated heterocycles. The van der Waals surface area contributed by atoms with Gasteiger partial charge in [-0.25, -0.2) is 9.37 Å². The van der Waals surface area contributed by atoms with Gasteiger partial charge >= 0.3 is 0 Å². The van der Waals surface area contributed by atoms with Crippen LogP contribution in [0.15, 0.2) is 29.6 Å². The predicted octanol–water partition coefficient (Wildman–Crippen LogP) is 2.38. The molecule has 2 amide bonds. The number of nitrogens with zero attached hydrogens (tertiary/aromatic N) is 4. The number of likely N-dealkylation sites (tertiary alicyclic amines) is 1. The second-order valence-corrected chi connectivity index (χ2v) is 12.6. The summed E-state index contributed by atoms with van der Waals surface area (Å²) in [5, 5.41) is 15.6. The van der Waals surface area contributed by atoms with Crippen LogP contribution < -0.4 is 10.2 Å². The van der Waals surface area contributed by atoms with E-state index in [2.05, 4.69) is 22.2 Å². The molecule has 1 aromatic heterocycles. The number of likely N-dealkylation sites (N-methyl/N-ethyl adjacent to an activating group) is 1. The van der Waals surface area contributed by atoms with E-state index in [0.717, 1.165) is 42.6 Å². The number of fused-ring (bicyclic) bond motifs is 1. The van der Waals surface area contributed by atoms with Crippen LogP contribution in [0.1, 0.15) is 30.6 Å². The van der Waals surface area contributed by atoms with Crippen LogP contribution in [-0.4, -0.2) is 113 Å². The SMILES string of the molecule is CN1CCN(c2nc(-c3ccc(C(=O)N[C@@H](CC(C)(C)F)C(=O)N4C[C@@H](Cl)[C@H]5OC[C@H](O)[C@H]54)cc3)cs2)CC1. The van der Waals surface area contributed by atoms with Gasteiger partial charge in [-0.2, -0.15) is 0 Å². The van der Waals surface area contributed by atoms with Crippen molar-refractivity contribution in [2.24, 2.45) is 0 Å². The number of amides is 2. The third kappa shape index (κ3) is 6.22. The molecule has 1 aromatic carbocycles. The lowest BCUT2D eigenvalue weighted by Crippen LogP contribution is -2.54. The molecule has 3 fully saturated rings. The van der Waals surface area contributed by atoms with Crippen molar-refractivity contribution in [1.29, 1.82) is 0 Å². The second kappa shape index (κ2) is 11.3. The minimum Gasteiger partial charge on any atom is -0.388 e. The molecule has 39 heavy (non-hydrogen) atoms. The highest BCUT2D eigenvalue weighted by Gasteiger charge is 2.52. The topological polar surface area (TPSA) is 98.2 Å². The fraction of sp³-hybridized carbons (Fsp3) is 0.593. The number of aliphatic hydroxyl groups excluding tert-OH is 1. The minimum absolute atomic E-state index is 0.0795. The summed E-state index contributed by atoms with van der Waals surface area (Å²) in [6.45, 7) is 6.85. The number of aromatic nitrogens is 1. The van der Waals surface area contributed by atoms with Gasteiger partial charge in [0.25, 0.3) is 5.91 Å². The molecule has 0 aliphatic carbocycles. The molecule has 0 radical (unpaired) electrons. The Hall–Kier alpha value is -2.31. The molecule has 2 aromatic rings. The number of carbonyl (C=O) groups excluding carboxylic acids is 2. The van der Waals surface area contributed by atoms with E-state index in [0.29, 0.717) is 5.56 Å². The Bertz CT molecular complexity index is 1180. The van der Waals surface area contributed by atoms with Gasteiger partial charge in [-0.3, -0.25) is 9.59 Å². The fourth-order valence-electron chi connectivity index (χ4n) is 5.44. The van der Waals surface area contributed by atoms with Gasteiger partial charge < -0.3 is 29.9 Å². The maximum Gasteiger partial charge on any atom is 0.251 e. The van der Waals surface area contributed by atoms with E-state index in [1.165, 1.54) is 18.7 Å². The van der Waals surface area contributed by atoms with Crippen molar-refractivity contribution in [2.45, 2.75) is 55.6 Å². The summed E-state index contributed by atoms with van der Waals surface area (Å²) >= 11 is 7.97. The van der Waals surface area contributed by atoms with Crippen molar-refractivity contribution in [3.63, 3.8) is 0 Å². The van der Waals surface area contributed by atoms with E-state index in [-0.39, 0.29) is 19.6 Å². The van der Waals surface area contributed by atoms with Gasteiger partial charge in [0.05, 0.1) is 29.8 Å². The van der Waals surface area contributed by atoms with Crippen LogP contribution in [0.25, 0.3) is 11.3 Å². The zero-order valence-corrected chi connectivity index (χ0v) is 23.9. The number of alkyl halides is 2. The molecule has 0 saturated carbocycles. The smallest absolute Gasteiger partial charge is 0.251 e. The van der Waals surface area contributed by atoms with Crippen LogP contribution in [0.5, 0.6) is 0 Å². The van der Waals surface area contributed by atoms with Crippen LogP contribution in [0.2, 0.25) is 0 Å². The van der Waals surface area contributed by atoms with Crippen LogP contribution in [0.3, 0.4) is 0 Å². The summed E-state index contributed by atoms with van der Waals surface area (Å²) in [5.41, 5.74) is 0.353. The predicted molar refractivity (Wildman–Crippen MR) is 149 cm³/mol. The maximum absolute atomic E-state index is 14.7. The van der Waals surface area contributed by atoms with Gasteiger partial charge in [-0.15, -0.1) is 22.9 Å². The number of halogens is 2. The van der Waals surface area contributed by atoms with E-state index in [1.54, 1.807) is 23.5 Å². The Labute approximate surface area is 236 Å². The number of hydrogen-bond acceptors (Lipinski definition) is 8. The summed E-state index contributed by atoms with van der Waals surface area (Å²) < 4.78 is 20.3. The normalized spacial score (nSPS) is 26.5. The van der Waals surface area contributed by atoms with Crippen LogP contribution >= 0.6 is 22.9 Å². The number of benzene rings is 1. The zero-order chi connectivity index (χ0) is 27.9. The fourth-order valence-corrected chi connectivity index (χ4v) is 6.70. The molecule has 3 aliphatic heterocycles. The number of nitrogens with one attached hydrogen (secondary N) is 1. The molecule has 2 N–H and O–H groups in total. The Morgan fingerprint density at radius 3 is 2.62 bits per heavy atom. The van der Waals surface area contributed by atoms with E-state index < -0.39 is 47.2 Å². The lowest BCUT2D eigenvalue weighted by molar-refractivity contribution is -0.136. The lowest BCUT2D eigenvalue weighted by atomic mass is 9.98. The maximum atomic E-state index is 14.7. The largest absolute Gasteiger partial charge is 0.388 e. The summed E-state index contributed by atoms with van der Waals surface area (Å²) in [6.07, 6.45) is -1.59. The summed E-state index contributed by atoms with van der Waals surface area (Å²) in [4.78, 5) is 37.5. The van der Waals surface area contributed by atoms with Crippen LogP contribution in [0, 0.1) is 0 Å². The highest BCUT2D eigenvalue weighted by Crippen LogP contribution is 2.34. The van der Waals surface area contributed by atoms with Gasteiger partial charge in [0.1, 0.15) is 17.8 Å². The van der Waals surface area contributed by atoms with Gasteiger partial charge in [0.2, 0.25) is 5.91 Å². The van der Waals surface area contributed by atoms with E-state index in [9.17, 15) is 19.1 Å². The standard InChI is InChI=1S/C27H35ClFN5O4S/c1-27(2,29)12-19(25(37)34-13-18(28)23-22(34)21(35)14-38-23)30-24(36)17-6-4-16(5-7-17)20-15-39-26(31-20)33-10-8-32(3)9-11-33/h4-7,15,18-19,21-23,35H,8-14H2,1-3H3,(H,30,36)/t18-,19+,21+,22-,23-/m1/s1. The number of aliphatic hydroxyl groups is 1. The zero-order valence-electron chi connectivity index (χ0n) is 22.3. The average molecular weight is 580 g/mol. The van der Waals surface area contributed by atoms with E-state index in [4.69, 9.17) is 21.3 Å². The first kappa shape index (κ1) is 28.2. The molecule has 4 heterocycles. The van der Waals surface area contributed by atoms with Crippen LogP contribution in [0.4, 0.5) is 9.52 Å². The number of hydrogen-bond donors (Lipinski definition) is 2. The summed E-state index contributed by atoms with van der Waals surface area (Å²) in [5.74, 6) is -0.964. The van der Waals surface area contributed by atoms with Gasteiger partial charge in [-0.05, 0) is 33.0 Å². The lowest BCUT2D eigenvalue weighted by Gasteiger charge is -2.32. The molecule has 5 rings (SSSR count). The van der Waals surface area contributed by atoms with Crippen molar-refractivity contribution in [1.82, 2.24) is 20.1 Å². The molecule has 0 spiro atoms. The van der Waals surface area contributed by atoms with E-state index in [1.807, 2.05) is 17.5 Å². The number of rotatable bonds is 7. The Morgan fingerprint density at radius 1 is 1.26 bits per heavy atom. The number of carbonyl (C=O) groups is 2. The molecule has 212 valence electrons. The van der Waals surface area contributed by atoms with Crippen molar-refractivity contribution in [2.75, 3.05) is 51.3 Å². The monoisotopic (exact) mass is 579 g/mol. The van der Waals surface area contributed by atoms with Crippen molar-refractivity contribution in [3.05, 3.63) is 35.2 Å². The average Bonchev–Trinajstić information content (AvgIpc) is 3.61. The molecule has 0 bridgehead atoms. The van der Waals surface area contributed by atoms with Crippen LogP contribution in [-0.2, 0) is 9.53 Å². The first-order valence-electron chi connectivity index (χ1n) is 13.2. The minimum atomic E-state index is -1.71. The summed E-state index contributed by atoms with van der Waals surface area (Å²) in [7, 11) is 2.12. The molecule has 5 atom stereocenters. The summed E-state index contributed by atoms with van der Waals surface area (Å²) in [6, 6.07) is 5.26. The Morgan fingerprint density at radius 2 is 1.95 bits per heavy atom. The molecular formula is C27H35ClFN5O4S. The number of piperazine rings is 1. The molecule has 9 nitrogen and oxygen atoms in total. The van der Waals surface area contributed by atoms with Gasteiger partial charge in [-0.1, -0.05) is 12.1 Å². The van der Waals surface area contributed by atoms with Crippen molar-refractivity contribution in [3.8, 4) is 11.3 Å². The number of anilines is 1. The quantitative estimate of drug-likeness (QED) is 0.486. The first-order chi connectivity index (χ1) is 18.5. The van der Waals surface area contributed by atoms with Crippen molar-refractivity contribution < 1.29 is 23.8 Å². The Balaban J connectivity index is 1.27. The highest BCUT2D eigenvalue weighted by molar-refractivity contribution is 7.14. The molecular weight excluding hydrogens is 545 g/mol. The Kier molecular flexibility index (Phi) is 8.17.